The Balaban J connectivity index is 2.13. The van der Waals surface area contributed by atoms with E-state index in [0.717, 1.165) is 11.0 Å². The van der Waals surface area contributed by atoms with Gasteiger partial charge < -0.3 is 15.5 Å². The van der Waals surface area contributed by atoms with Crippen molar-refractivity contribution in [3.05, 3.63) is 77.8 Å². The lowest BCUT2D eigenvalue weighted by atomic mass is 10.2. The summed E-state index contributed by atoms with van der Waals surface area (Å²) in [6, 6.07) is 13.2. The van der Waals surface area contributed by atoms with Gasteiger partial charge in [-0.05, 0) is 36.4 Å². The lowest BCUT2D eigenvalue weighted by molar-refractivity contribution is -0.117. The average Bonchev–Trinajstić information content (AvgIpc) is 2.64. The van der Waals surface area contributed by atoms with Crippen LogP contribution in [-0.4, -0.2) is 24.8 Å². The Labute approximate surface area is 148 Å². The van der Waals surface area contributed by atoms with Crippen LogP contribution in [0.15, 0.2) is 66.4 Å². The number of hydrogen-bond donors (Lipinski definition) is 2. The van der Waals surface area contributed by atoms with Crippen LogP contribution in [0.5, 0.6) is 0 Å². The number of hydroxylamine groups is 1. The second-order valence-corrected chi connectivity index (χ2v) is 5.16. The number of anilines is 1. The van der Waals surface area contributed by atoms with Gasteiger partial charge in [0.05, 0.1) is 5.56 Å². The van der Waals surface area contributed by atoms with Crippen molar-refractivity contribution >= 4 is 23.5 Å². The number of halogens is 1. The molecule has 3 N–H and O–H groups in total. The molecule has 0 saturated heterocycles. The van der Waals surface area contributed by atoms with E-state index in [4.69, 9.17) is 10.6 Å². The highest BCUT2D eigenvalue weighted by Crippen LogP contribution is 2.15. The Bertz CT molecular complexity index is 835. The number of primary amides is 1. The molecule has 0 aliphatic heterocycles. The van der Waals surface area contributed by atoms with Gasteiger partial charge in [-0.25, -0.2) is 14.7 Å². The molecule has 0 fully saturated rings. The molecule has 0 bridgehead atoms. The number of benzene rings is 2. The minimum atomic E-state index is -0.913. The van der Waals surface area contributed by atoms with E-state index in [1.807, 2.05) is 0 Å². The largest absolute Gasteiger partial charge is 0.366 e. The second kappa shape index (κ2) is 8.43. The molecule has 2 rings (SSSR count). The summed E-state index contributed by atoms with van der Waals surface area (Å²) >= 11 is 0. The van der Waals surface area contributed by atoms with Crippen molar-refractivity contribution in [3.8, 4) is 0 Å². The Morgan fingerprint density at radius 3 is 2.27 bits per heavy atom. The molecule has 26 heavy (non-hydrogen) atoms. The molecule has 2 aromatic rings. The number of hydrogen-bond acceptors (Lipinski definition) is 5. The molecule has 8 heteroatoms. The van der Waals surface area contributed by atoms with E-state index < -0.39 is 23.6 Å². The fourth-order valence-electron chi connectivity index (χ4n) is 1.97. The van der Waals surface area contributed by atoms with Gasteiger partial charge >= 0.3 is 5.97 Å². The summed E-state index contributed by atoms with van der Waals surface area (Å²) in [5.41, 5.74) is 7.51. The van der Waals surface area contributed by atoms with Crippen molar-refractivity contribution in [2.24, 2.45) is 5.73 Å². The van der Waals surface area contributed by atoms with Gasteiger partial charge in [0.2, 0.25) is 5.91 Å². The molecule has 0 aliphatic carbocycles. The van der Waals surface area contributed by atoms with Crippen LogP contribution in [0.3, 0.4) is 0 Å². The number of likely N-dealkylation sites (N-methyl/N-ethyl adjacent to an activating group) is 1. The van der Waals surface area contributed by atoms with Crippen LogP contribution in [0.25, 0.3) is 0 Å². The van der Waals surface area contributed by atoms with Crippen molar-refractivity contribution in [2.75, 3.05) is 11.9 Å². The standard InChI is InChI=1S/C18H16FN3O4/c1-22(14-9-7-13(19)8-10-14)17(24)15(11-16(20)23)21-26-18(25)12-5-3-2-4-6-12/h2-11,21H,1H3,(H2,20,23)/b15-11-. The van der Waals surface area contributed by atoms with Crippen LogP contribution in [0.1, 0.15) is 10.4 Å². The molecule has 7 nitrogen and oxygen atoms in total. The van der Waals surface area contributed by atoms with Crippen LogP contribution >= 0.6 is 0 Å². The molecule has 2 aromatic carbocycles. The molecule has 0 radical (unpaired) electrons. The van der Waals surface area contributed by atoms with Crippen molar-refractivity contribution in [1.29, 1.82) is 0 Å². The molecule has 0 spiro atoms. The molecule has 0 aliphatic rings. The highest BCUT2D eigenvalue weighted by Gasteiger charge is 2.19. The number of rotatable bonds is 6. The average molecular weight is 357 g/mol. The van der Waals surface area contributed by atoms with Gasteiger partial charge in [0.15, 0.2) is 0 Å². The third-order valence-electron chi connectivity index (χ3n) is 3.30. The normalized spacial score (nSPS) is 10.8. The number of nitrogens with one attached hydrogen (secondary N) is 1. The number of amides is 2. The Kier molecular flexibility index (Phi) is 6.05. The zero-order valence-electron chi connectivity index (χ0n) is 13.8. The predicted octanol–water partition coefficient (Wildman–Crippen LogP) is 1.52. The first kappa shape index (κ1) is 18.7. The fourth-order valence-corrected chi connectivity index (χ4v) is 1.97. The molecule has 0 saturated carbocycles. The zero-order chi connectivity index (χ0) is 19.1. The van der Waals surface area contributed by atoms with Gasteiger partial charge in [-0.15, -0.1) is 0 Å². The van der Waals surface area contributed by atoms with Crippen LogP contribution in [0, 0.1) is 5.82 Å². The molecule has 0 aromatic heterocycles. The Morgan fingerprint density at radius 1 is 1.08 bits per heavy atom. The summed E-state index contributed by atoms with van der Waals surface area (Å²) < 4.78 is 13.0. The third-order valence-corrected chi connectivity index (χ3v) is 3.30. The number of carbonyl (C=O) groups is 3. The molecule has 0 unspecified atom stereocenters. The first-order valence-electron chi connectivity index (χ1n) is 7.45. The molecule has 134 valence electrons. The van der Waals surface area contributed by atoms with Crippen LogP contribution in [0.4, 0.5) is 10.1 Å². The van der Waals surface area contributed by atoms with E-state index in [0.29, 0.717) is 5.69 Å². The van der Waals surface area contributed by atoms with E-state index in [2.05, 4.69) is 5.48 Å². The topological polar surface area (TPSA) is 102 Å². The van der Waals surface area contributed by atoms with Gasteiger partial charge in [-0.3, -0.25) is 9.59 Å². The van der Waals surface area contributed by atoms with Gasteiger partial charge in [0.1, 0.15) is 11.5 Å². The highest BCUT2D eigenvalue weighted by atomic mass is 19.1. The van der Waals surface area contributed by atoms with E-state index in [1.54, 1.807) is 18.2 Å². The highest BCUT2D eigenvalue weighted by molar-refractivity contribution is 6.08. The van der Waals surface area contributed by atoms with Gasteiger partial charge in [0.25, 0.3) is 5.91 Å². The maximum atomic E-state index is 13.0. The Hall–Kier alpha value is -3.68. The summed E-state index contributed by atoms with van der Waals surface area (Å²) in [4.78, 5) is 41.6. The van der Waals surface area contributed by atoms with Crippen LogP contribution in [-0.2, 0) is 14.4 Å². The van der Waals surface area contributed by atoms with Crippen molar-refractivity contribution in [2.45, 2.75) is 0 Å². The molecular formula is C18H16FN3O4. The van der Waals surface area contributed by atoms with E-state index >= 15 is 0 Å². The van der Waals surface area contributed by atoms with Crippen LogP contribution in [0.2, 0.25) is 0 Å². The smallest absolute Gasteiger partial charge is 0.362 e. The zero-order valence-corrected chi connectivity index (χ0v) is 13.8. The van der Waals surface area contributed by atoms with Gasteiger partial charge in [0, 0.05) is 18.8 Å². The number of nitrogens with two attached hydrogens (primary N) is 1. The fraction of sp³-hybridized carbons (Fsp3) is 0.0556. The monoisotopic (exact) mass is 357 g/mol. The van der Waals surface area contributed by atoms with Gasteiger partial charge in [-0.2, -0.15) is 0 Å². The quantitative estimate of drug-likeness (QED) is 0.603. The second-order valence-electron chi connectivity index (χ2n) is 5.16. The summed E-state index contributed by atoms with van der Waals surface area (Å²) in [5, 5.41) is 0. The van der Waals surface area contributed by atoms with Crippen molar-refractivity contribution in [1.82, 2.24) is 5.48 Å². The van der Waals surface area contributed by atoms with E-state index in [9.17, 15) is 18.8 Å². The van der Waals surface area contributed by atoms with Crippen molar-refractivity contribution in [3.63, 3.8) is 0 Å². The molecule has 0 atom stereocenters. The third kappa shape index (κ3) is 4.91. The SMILES string of the molecule is CN(C(=O)/C(=C/C(N)=O)NOC(=O)c1ccccc1)c1ccc(F)cc1. The van der Waals surface area contributed by atoms with Crippen LogP contribution < -0.4 is 16.1 Å². The minimum Gasteiger partial charge on any atom is -0.366 e. The maximum Gasteiger partial charge on any atom is 0.362 e. The van der Waals surface area contributed by atoms with E-state index in [1.165, 1.54) is 43.4 Å². The number of nitrogens with zero attached hydrogens (tertiary/aromatic N) is 1. The summed E-state index contributed by atoms with van der Waals surface area (Å²) in [6.07, 6.45) is 0.792. The molecule has 2 amide bonds. The van der Waals surface area contributed by atoms with E-state index in [-0.39, 0.29) is 11.3 Å². The lowest BCUT2D eigenvalue weighted by Crippen LogP contribution is -2.35. The van der Waals surface area contributed by atoms with Crippen molar-refractivity contribution < 1.29 is 23.6 Å². The predicted molar refractivity (Wildman–Crippen MR) is 92.1 cm³/mol. The first-order valence-corrected chi connectivity index (χ1v) is 7.45. The summed E-state index contributed by atoms with van der Waals surface area (Å²) in [5.74, 6) is -2.84. The maximum absolute atomic E-state index is 13.0. The minimum absolute atomic E-state index is 0.248. The Morgan fingerprint density at radius 2 is 1.69 bits per heavy atom. The van der Waals surface area contributed by atoms with Gasteiger partial charge in [-0.1, -0.05) is 18.2 Å². The lowest BCUT2D eigenvalue weighted by Gasteiger charge is -2.19. The first-order chi connectivity index (χ1) is 12.4. The molecule has 0 heterocycles. The molecular weight excluding hydrogens is 341 g/mol. The number of carbonyl (C=O) groups excluding carboxylic acids is 3. The summed E-state index contributed by atoms with van der Waals surface area (Å²) in [6.45, 7) is 0. The summed E-state index contributed by atoms with van der Waals surface area (Å²) in [7, 11) is 1.41.